The maximum atomic E-state index is 14.4. The summed E-state index contributed by atoms with van der Waals surface area (Å²) in [5.74, 6) is -0.396. The molecule has 72 heavy (non-hydrogen) atoms. The van der Waals surface area contributed by atoms with Crippen molar-refractivity contribution in [3.05, 3.63) is 11.1 Å². The number of epoxide rings is 2. The fourth-order valence-electron chi connectivity index (χ4n) is 14.2. The van der Waals surface area contributed by atoms with Crippen molar-refractivity contribution in [2.45, 2.75) is 293 Å². The standard InChI is InChI=1S/C55H100O13Si4/c1-16-29-31-39-41(36-59-50(39)57)40-34-53-48(64-53)49-55(65-49,38(14)15)52(54(53)35-42(40)63-54)62-44(56)32-30-33-58-51-47(68-72(26-11,27-12)28-13)46(67-71(23-8,24-9)25-10)45(66-70(20-5,21-6)22-7)43(61-51)37-60-69(17-2,18-3)19-4/h38,40,42-43,45-49,51-52H,16-37H2,1-15H3/t40-,42?,43?,45-,46?,47?,48+,49+,51-,52+,53+,54-,55+/m1/s1. The van der Waals surface area contributed by atoms with Gasteiger partial charge in [-0.2, -0.15) is 0 Å². The van der Waals surface area contributed by atoms with E-state index in [4.69, 9.17) is 50.9 Å². The second-order valence-corrected chi connectivity index (χ2v) is 42.1. The first-order chi connectivity index (χ1) is 34.5. The zero-order valence-electron chi connectivity index (χ0n) is 47.7. The molecule has 0 aromatic carbocycles. The third kappa shape index (κ3) is 10.4. The molecule has 13 nitrogen and oxygen atoms in total. The molecule has 7 fully saturated rings. The van der Waals surface area contributed by atoms with Crippen LogP contribution in [0.5, 0.6) is 0 Å². The van der Waals surface area contributed by atoms with E-state index in [0.717, 1.165) is 103 Å². The number of fused-ring (bicyclic) bond motifs is 3. The first-order valence-electron chi connectivity index (χ1n) is 29.5. The van der Waals surface area contributed by atoms with Crippen LogP contribution in [0, 0.1) is 11.8 Å². The minimum Gasteiger partial charge on any atom is -0.458 e. The van der Waals surface area contributed by atoms with E-state index in [1.165, 1.54) is 0 Å². The number of cyclic esters (lactones) is 1. The Morgan fingerprint density at radius 3 is 1.72 bits per heavy atom. The molecule has 6 aliphatic heterocycles. The zero-order chi connectivity index (χ0) is 52.5. The summed E-state index contributed by atoms with van der Waals surface area (Å²) in [7, 11) is -8.77. The number of hydrogen-bond acceptors (Lipinski definition) is 13. The van der Waals surface area contributed by atoms with Gasteiger partial charge in [-0.15, -0.1) is 0 Å². The fourth-order valence-corrected chi connectivity index (χ4v) is 25.3. The molecule has 0 aromatic rings. The van der Waals surface area contributed by atoms with Crippen LogP contribution in [0.1, 0.15) is 149 Å². The molecule has 2 bridgehead atoms. The molecular weight excluding hydrogens is 981 g/mol. The Morgan fingerprint density at radius 1 is 0.653 bits per heavy atom. The minimum absolute atomic E-state index is 0.0235. The highest BCUT2D eigenvalue weighted by molar-refractivity contribution is 6.75. The monoisotopic (exact) mass is 1080 g/mol. The Kier molecular flexibility index (Phi) is 19.3. The van der Waals surface area contributed by atoms with Gasteiger partial charge in [0.15, 0.2) is 45.7 Å². The van der Waals surface area contributed by atoms with Crippen LogP contribution in [0.2, 0.25) is 72.5 Å². The number of carbonyl (C=O) groups is 2. The first kappa shape index (κ1) is 58.9. The molecule has 0 N–H and O–H groups in total. The van der Waals surface area contributed by atoms with Gasteiger partial charge in [0, 0.05) is 24.3 Å². The maximum absolute atomic E-state index is 14.4. The summed E-state index contributed by atoms with van der Waals surface area (Å²) in [6.07, 6.45) is 1.19. The molecule has 0 aromatic heterocycles. The number of hydrogen-bond donors (Lipinski definition) is 0. The van der Waals surface area contributed by atoms with Gasteiger partial charge >= 0.3 is 11.9 Å². The molecule has 0 amide bonds. The van der Waals surface area contributed by atoms with E-state index in [-0.39, 0.29) is 61.2 Å². The molecule has 4 unspecified atom stereocenters. The van der Waals surface area contributed by atoms with Crippen molar-refractivity contribution in [1.82, 2.24) is 0 Å². The summed E-state index contributed by atoms with van der Waals surface area (Å²) >= 11 is 0. The number of carbonyl (C=O) groups excluding carboxylic acids is 2. The Morgan fingerprint density at radius 2 is 1.19 bits per heavy atom. The van der Waals surface area contributed by atoms with Gasteiger partial charge in [0.05, 0.1) is 19.3 Å². The summed E-state index contributed by atoms with van der Waals surface area (Å²) in [5, 5.41) is 0. The van der Waals surface area contributed by atoms with E-state index in [1.54, 1.807) is 0 Å². The van der Waals surface area contributed by atoms with Gasteiger partial charge in [0.1, 0.15) is 60.0 Å². The summed E-state index contributed by atoms with van der Waals surface area (Å²) in [4.78, 5) is 27.3. The lowest BCUT2D eigenvalue weighted by atomic mass is 9.53. The van der Waals surface area contributed by atoms with Gasteiger partial charge in [-0.3, -0.25) is 4.79 Å². The molecule has 414 valence electrons. The highest BCUT2D eigenvalue weighted by atomic mass is 28.4. The first-order valence-corrected chi connectivity index (χ1v) is 39.7. The third-order valence-corrected chi connectivity index (χ3v) is 38.9. The van der Waals surface area contributed by atoms with Crippen LogP contribution in [0.3, 0.4) is 0 Å². The van der Waals surface area contributed by atoms with Crippen LogP contribution >= 0.6 is 0 Å². The quantitative estimate of drug-likeness (QED) is 0.0273. The molecule has 0 radical (unpaired) electrons. The third-order valence-electron chi connectivity index (χ3n) is 20.3. The van der Waals surface area contributed by atoms with Crippen LogP contribution in [0.4, 0.5) is 0 Å². The van der Waals surface area contributed by atoms with Crippen molar-refractivity contribution in [3.63, 3.8) is 0 Å². The van der Waals surface area contributed by atoms with Gasteiger partial charge in [0.25, 0.3) is 0 Å². The number of unbranched alkanes of at least 4 members (excludes halogenated alkanes) is 1. The van der Waals surface area contributed by atoms with Crippen molar-refractivity contribution in [3.8, 4) is 0 Å². The number of esters is 2. The molecular formula is C55H100O13Si4. The lowest BCUT2D eigenvalue weighted by molar-refractivity contribution is -0.333. The van der Waals surface area contributed by atoms with Gasteiger partial charge in [-0.1, -0.05) is 110 Å². The number of ether oxygens (including phenoxy) is 7. The van der Waals surface area contributed by atoms with Gasteiger partial charge in [-0.25, -0.2) is 4.79 Å². The predicted molar refractivity (Wildman–Crippen MR) is 291 cm³/mol. The van der Waals surface area contributed by atoms with E-state index in [1.807, 2.05) is 0 Å². The summed E-state index contributed by atoms with van der Waals surface area (Å²) in [6.45, 7) is 34.9. The van der Waals surface area contributed by atoms with Crippen LogP contribution in [0.15, 0.2) is 11.1 Å². The lowest BCUT2D eigenvalue weighted by Gasteiger charge is -2.63. The van der Waals surface area contributed by atoms with Crippen LogP contribution in [-0.2, 0) is 60.5 Å². The Balaban J connectivity index is 1.14. The van der Waals surface area contributed by atoms with Crippen molar-refractivity contribution in [2.24, 2.45) is 11.8 Å². The Labute approximate surface area is 439 Å². The maximum Gasteiger partial charge on any atom is 0.334 e. The van der Waals surface area contributed by atoms with Crippen LogP contribution < -0.4 is 0 Å². The predicted octanol–water partition coefficient (Wildman–Crippen LogP) is 12.1. The summed E-state index contributed by atoms with van der Waals surface area (Å²) in [6, 6.07) is 12.1. The second-order valence-electron chi connectivity index (χ2n) is 23.1. The van der Waals surface area contributed by atoms with E-state index >= 15 is 0 Å². The Bertz CT molecular complexity index is 1830. The SMILES string of the molecule is CCCCC1=C([C@H]2C[C@]34O[C@H]3[C@@H]3O[C@]3(C(C)C)[C@@H](OC(=O)CCCO[C@@H]3OC(CO[Si](CC)(CC)CC)[C@@H](O[Si](CC)(CC)CC)C(O[Si](CC)(CC)CC)C3O[Si](CC)(CC)CC)[C@]43CC2O3)COC1=O. The van der Waals surface area contributed by atoms with Crippen LogP contribution in [-0.4, -0.2) is 137 Å². The molecule has 8 aliphatic rings. The van der Waals surface area contributed by atoms with E-state index in [2.05, 4.69) is 104 Å². The zero-order valence-corrected chi connectivity index (χ0v) is 51.7. The van der Waals surface area contributed by atoms with Gasteiger partial charge in [-0.05, 0) is 110 Å². The van der Waals surface area contributed by atoms with Crippen molar-refractivity contribution in [2.75, 3.05) is 19.8 Å². The molecule has 17 heteroatoms. The van der Waals surface area contributed by atoms with Gasteiger partial charge in [0.2, 0.25) is 0 Å². The molecule has 2 saturated carbocycles. The molecule has 6 heterocycles. The average molecular weight is 1080 g/mol. The Hall–Kier alpha value is -0.812. The van der Waals surface area contributed by atoms with E-state index in [0.29, 0.717) is 32.5 Å². The van der Waals surface area contributed by atoms with E-state index in [9.17, 15) is 9.59 Å². The molecule has 5 saturated heterocycles. The molecule has 8 rings (SSSR count). The average Bonchev–Trinajstić information content (AvgIpc) is 4.29. The van der Waals surface area contributed by atoms with E-state index < -0.39 is 80.8 Å². The highest BCUT2D eigenvalue weighted by Crippen LogP contribution is 2.76. The van der Waals surface area contributed by atoms with Crippen molar-refractivity contribution >= 4 is 45.2 Å². The largest absolute Gasteiger partial charge is 0.458 e. The minimum atomic E-state index is -2.27. The molecule has 13 atom stereocenters. The van der Waals surface area contributed by atoms with Crippen LogP contribution in [0.25, 0.3) is 0 Å². The second kappa shape index (κ2) is 23.7. The summed E-state index contributed by atoms with van der Waals surface area (Å²) in [5.41, 5.74) is -0.227. The topological polar surface area (TPSA) is 142 Å². The summed E-state index contributed by atoms with van der Waals surface area (Å²) < 4.78 is 77.3. The normalized spacial score (nSPS) is 35.1. The van der Waals surface area contributed by atoms with Crippen molar-refractivity contribution < 1.29 is 60.5 Å². The molecule has 2 spiro atoms. The number of rotatable bonds is 32. The highest BCUT2D eigenvalue weighted by Gasteiger charge is 2.94. The lowest BCUT2D eigenvalue weighted by Crippen LogP contribution is -2.79. The smallest absolute Gasteiger partial charge is 0.334 e. The molecule has 2 aliphatic carbocycles. The van der Waals surface area contributed by atoms with Gasteiger partial charge < -0.3 is 50.9 Å². The van der Waals surface area contributed by atoms with Crippen molar-refractivity contribution in [1.29, 1.82) is 0 Å². The fraction of sp³-hybridized carbons (Fsp3) is 0.927.